The number of aliphatic hydroxyl groups excluding tert-OH is 1. The van der Waals surface area contributed by atoms with E-state index in [0.717, 1.165) is 12.3 Å². The highest BCUT2D eigenvalue weighted by molar-refractivity contribution is 5.22. The minimum absolute atomic E-state index is 0.106. The fourth-order valence-electron chi connectivity index (χ4n) is 2.30. The lowest BCUT2D eigenvalue weighted by atomic mass is 10.1. The van der Waals surface area contributed by atoms with Crippen LogP contribution in [-0.2, 0) is 6.54 Å². The van der Waals surface area contributed by atoms with Crippen molar-refractivity contribution in [3.05, 3.63) is 66.2 Å². The predicted molar refractivity (Wildman–Crippen MR) is 85.1 cm³/mol. The van der Waals surface area contributed by atoms with E-state index in [4.69, 9.17) is 4.74 Å². The van der Waals surface area contributed by atoms with Gasteiger partial charge in [0.1, 0.15) is 5.75 Å². The van der Waals surface area contributed by atoms with Gasteiger partial charge in [0.15, 0.2) is 5.72 Å². The molecule has 3 heteroatoms. The second-order valence-corrected chi connectivity index (χ2v) is 5.49. The molecule has 2 aromatic carbocycles. The molecule has 0 heterocycles. The van der Waals surface area contributed by atoms with Crippen LogP contribution in [0.4, 0.5) is 0 Å². The van der Waals surface area contributed by atoms with Crippen molar-refractivity contribution in [3.63, 3.8) is 0 Å². The fraction of sp³-hybridized carbons (Fsp3) is 0.333. The Morgan fingerprint density at radius 1 is 0.952 bits per heavy atom. The highest BCUT2D eigenvalue weighted by Gasteiger charge is 2.28. The third-order valence-electron chi connectivity index (χ3n) is 3.46. The molecule has 112 valence electrons. The van der Waals surface area contributed by atoms with Gasteiger partial charge in [0.05, 0.1) is 6.61 Å². The summed E-state index contributed by atoms with van der Waals surface area (Å²) in [6.45, 7) is 5.46. The van der Waals surface area contributed by atoms with Crippen LogP contribution < -0.4 is 4.74 Å². The summed E-state index contributed by atoms with van der Waals surface area (Å²) < 4.78 is 6.10. The summed E-state index contributed by atoms with van der Waals surface area (Å²) in [4.78, 5) is 2.13. The molecule has 3 nitrogen and oxygen atoms in total. The van der Waals surface area contributed by atoms with Gasteiger partial charge in [-0.15, -0.1) is 0 Å². The highest BCUT2D eigenvalue weighted by Crippen LogP contribution is 2.23. The summed E-state index contributed by atoms with van der Waals surface area (Å²) >= 11 is 0. The molecular formula is C18H23NO2. The van der Waals surface area contributed by atoms with Crippen LogP contribution in [0.2, 0.25) is 0 Å². The Hall–Kier alpha value is -1.84. The summed E-state index contributed by atoms with van der Waals surface area (Å²) in [6, 6.07) is 20.0. The van der Waals surface area contributed by atoms with E-state index in [1.54, 1.807) is 0 Å². The molecular weight excluding hydrogens is 262 g/mol. The Balaban J connectivity index is 2.11. The molecule has 0 bridgehead atoms. The van der Waals surface area contributed by atoms with Crippen LogP contribution in [0.1, 0.15) is 19.4 Å². The molecule has 0 saturated carbocycles. The second kappa shape index (κ2) is 7.25. The van der Waals surface area contributed by atoms with Crippen LogP contribution in [0.3, 0.4) is 0 Å². The van der Waals surface area contributed by atoms with Crippen LogP contribution in [0.15, 0.2) is 60.7 Å². The van der Waals surface area contributed by atoms with Crippen LogP contribution in [0.5, 0.6) is 5.75 Å². The quantitative estimate of drug-likeness (QED) is 0.792. The SMILES string of the molecule is CC(C)(Oc1ccccc1)N(CCO)Cc1ccccc1. The van der Waals surface area contributed by atoms with E-state index in [1.165, 1.54) is 5.56 Å². The van der Waals surface area contributed by atoms with Gasteiger partial charge in [0, 0.05) is 13.1 Å². The number of hydrogen-bond acceptors (Lipinski definition) is 3. The van der Waals surface area contributed by atoms with Gasteiger partial charge in [-0.25, -0.2) is 0 Å². The summed E-state index contributed by atoms with van der Waals surface area (Å²) in [7, 11) is 0. The average Bonchev–Trinajstić information content (AvgIpc) is 2.48. The van der Waals surface area contributed by atoms with E-state index in [9.17, 15) is 5.11 Å². The van der Waals surface area contributed by atoms with Crippen LogP contribution >= 0.6 is 0 Å². The summed E-state index contributed by atoms with van der Waals surface area (Å²) in [5, 5.41) is 9.35. The van der Waals surface area contributed by atoms with Crippen molar-refractivity contribution in [1.29, 1.82) is 0 Å². The second-order valence-electron chi connectivity index (χ2n) is 5.49. The Labute approximate surface area is 126 Å². The Bertz CT molecular complexity index is 525. The zero-order valence-corrected chi connectivity index (χ0v) is 12.7. The zero-order valence-electron chi connectivity index (χ0n) is 12.7. The Kier molecular flexibility index (Phi) is 5.37. The molecule has 0 saturated heterocycles. The van der Waals surface area contributed by atoms with E-state index in [0.29, 0.717) is 6.54 Å². The van der Waals surface area contributed by atoms with E-state index < -0.39 is 5.72 Å². The third-order valence-corrected chi connectivity index (χ3v) is 3.46. The molecule has 0 unspecified atom stereocenters. The van der Waals surface area contributed by atoms with E-state index >= 15 is 0 Å². The van der Waals surface area contributed by atoms with Crippen molar-refractivity contribution in [2.24, 2.45) is 0 Å². The van der Waals surface area contributed by atoms with Gasteiger partial charge in [-0.3, -0.25) is 4.90 Å². The smallest absolute Gasteiger partial charge is 0.158 e. The molecule has 0 atom stereocenters. The highest BCUT2D eigenvalue weighted by atomic mass is 16.5. The first-order chi connectivity index (χ1) is 10.1. The fourth-order valence-corrected chi connectivity index (χ4v) is 2.30. The summed E-state index contributed by atoms with van der Waals surface area (Å²) in [5.74, 6) is 0.832. The maximum Gasteiger partial charge on any atom is 0.158 e. The molecule has 0 amide bonds. The van der Waals surface area contributed by atoms with Crippen molar-refractivity contribution < 1.29 is 9.84 Å². The van der Waals surface area contributed by atoms with E-state index in [1.807, 2.05) is 62.4 Å². The Morgan fingerprint density at radius 3 is 2.10 bits per heavy atom. The first-order valence-electron chi connectivity index (χ1n) is 7.26. The topological polar surface area (TPSA) is 32.7 Å². The normalized spacial score (nSPS) is 11.6. The lowest BCUT2D eigenvalue weighted by Crippen LogP contribution is -2.49. The molecule has 2 aromatic rings. The molecule has 0 radical (unpaired) electrons. The van der Waals surface area contributed by atoms with Gasteiger partial charge in [-0.1, -0.05) is 48.5 Å². The van der Waals surface area contributed by atoms with Crippen molar-refractivity contribution in [2.75, 3.05) is 13.2 Å². The average molecular weight is 285 g/mol. The Morgan fingerprint density at radius 2 is 1.52 bits per heavy atom. The molecule has 0 aromatic heterocycles. The minimum atomic E-state index is -0.500. The molecule has 0 spiro atoms. The van der Waals surface area contributed by atoms with E-state index in [-0.39, 0.29) is 6.61 Å². The molecule has 0 aliphatic rings. The van der Waals surface area contributed by atoms with Crippen LogP contribution in [0, 0.1) is 0 Å². The van der Waals surface area contributed by atoms with Crippen molar-refractivity contribution in [2.45, 2.75) is 26.1 Å². The zero-order chi connectivity index (χ0) is 15.1. The van der Waals surface area contributed by atoms with Gasteiger partial charge in [0.25, 0.3) is 0 Å². The molecule has 0 fully saturated rings. The number of benzene rings is 2. The lowest BCUT2D eigenvalue weighted by Gasteiger charge is -2.38. The number of hydrogen-bond donors (Lipinski definition) is 1. The summed E-state index contributed by atoms with van der Waals surface area (Å²) in [5.41, 5.74) is 0.704. The van der Waals surface area contributed by atoms with Crippen LogP contribution in [-0.4, -0.2) is 28.9 Å². The summed E-state index contributed by atoms with van der Waals surface area (Å²) in [6.07, 6.45) is 0. The predicted octanol–water partition coefficient (Wildman–Crippen LogP) is 3.30. The molecule has 0 aliphatic carbocycles. The monoisotopic (exact) mass is 285 g/mol. The van der Waals surface area contributed by atoms with Crippen molar-refractivity contribution in [3.8, 4) is 5.75 Å². The lowest BCUT2D eigenvalue weighted by molar-refractivity contribution is -0.0675. The first kappa shape index (κ1) is 15.5. The van der Waals surface area contributed by atoms with Gasteiger partial charge in [-0.05, 0) is 31.5 Å². The van der Waals surface area contributed by atoms with E-state index in [2.05, 4.69) is 17.0 Å². The maximum absolute atomic E-state index is 9.35. The number of rotatable bonds is 7. The number of nitrogens with zero attached hydrogens (tertiary/aromatic N) is 1. The van der Waals surface area contributed by atoms with Gasteiger partial charge in [0.2, 0.25) is 0 Å². The van der Waals surface area contributed by atoms with Crippen LogP contribution in [0.25, 0.3) is 0 Å². The number of para-hydroxylation sites is 1. The van der Waals surface area contributed by atoms with Crippen molar-refractivity contribution >= 4 is 0 Å². The van der Waals surface area contributed by atoms with Gasteiger partial charge in [-0.2, -0.15) is 0 Å². The number of aliphatic hydroxyl groups is 1. The standard InChI is InChI=1S/C18H23NO2/c1-18(2,21-17-11-7-4-8-12-17)19(13-14-20)15-16-9-5-3-6-10-16/h3-12,20H,13-15H2,1-2H3. The first-order valence-corrected chi connectivity index (χ1v) is 7.26. The molecule has 0 aliphatic heterocycles. The minimum Gasteiger partial charge on any atom is -0.473 e. The molecule has 1 N–H and O–H groups in total. The van der Waals surface area contributed by atoms with Crippen molar-refractivity contribution in [1.82, 2.24) is 4.90 Å². The third kappa shape index (κ3) is 4.59. The maximum atomic E-state index is 9.35. The number of ether oxygens (including phenoxy) is 1. The van der Waals surface area contributed by atoms with Gasteiger partial charge < -0.3 is 9.84 Å². The van der Waals surface area contributed by atoms with Gasteiger partial charge >= 0.3 is 0 Å². The molecule has 2 rings (SSSR count). The largest absolute Gasteiger partial charge is 0.473 e. The molecule has 21 heavy (non-hydrogen) atoms.